The average molecular weight is 513 g/mol. The van der Waals surface area contributed by atoms with E-state index >= 15 is 0 Å². The topological polar surface area (TPSA) is 133 Å². The van der Waals surface area contributed by atoms with Crippen LogP contribution in [0.2, 0.25) is 0 Å². The number of amides is 4. The summed E-state index contributed by atoms with van der Waals surface area (Å²) < 4.78 is 0. The van der Waals surface area contributed by atoms with Gasteiger partial charge in [0.1, 0.15) is 18.4 Å². The molecule has 0 unspecified atom stereocenters. The van der Waals surface area contributed by atoms with Crippen molar-refractivity contribution in [1.29, 1.82) is 0 Å². The molecule has 202 valence electrons. The van der Waals surface area contributed by atoms with Crippen LogP contribution in [0.1, 0.15) is 58.9 Å². The van der Waals surface area contributed by atoms with Gasteiger partial charge in [0, 0.05) is 18.5 Å². The maximum absolute atomic E-state index is 13.2. The lowest BCUT2D eigenvalue weighted by molar-refractivity contribution is -0.133. The van der Waals surface area contributed by atoms with Gasteiger partial charge in [-0.1, -0.05) is 58.0 Å². The Balaban J connectivity index is 2.04. The molecule has 1 heterocycles. The Morgan fingerprint density at radius 1 is 1.03 bits per heavy atom. The van der Waals surface area contributed by atoms with E-state index in [0.29, 0.717) is 25.7 Å². The molecule has 1 fully saturated rings. The van der Waals surface area contributed by atoms with Gasteiger partial charge in [0.15, 0.2) is 0 Å². The standard InChI is InChI=1S/C28H40N4O5/c1-18(2)15-23(27(36)30-22(17-33)16-21-11-8-14-29-26(21)35)31-28(37)25(19(3)4)32-24(34)13-12-20-9-6-5-7-10-20/h5-7,9-10,12-13,17-19,21-23,25H,8,11,14-16H2,1-4H3,(H,29,35)(H,30,36)(H,31,37)(H,32,34)/b13-12+/t21-,22-,23-,25-/m0/s1. The van der Waals surface area contributed by atoms with E-state index in [1.54, 1.807) is 19.9 Å². The van der Waals surface area contributed by atoms with Crippen LogP contribution in [-0.4, -0.2) is 54.6 Å². The summed E-state index contributed by atoms with van der Waals surface area (Å²) in [5.74, 6) is -2.00. The molecule has 4 N–H and O–H groups in total. The lowest BCUT2D eigenvalue weighted by atomic mass is 9.91. The summed E-state index contributed by atoms with van der Waals surface area (Å²) >= 11 is 0. The zero-order valence-corrected chi connectivity index (χ0v) is 22.2. The highest BCUT2D eigenvalue weighted by Gasteiger charge is 2.31. The van der Waals surface area contributed by atoms with Gasteiger partial charge in [-0.05, 0) is 49.2 Å². The van der Waals surface area contributed by atoms with Gasteiger partial charge >= 0.3 is 0 Å². The highest BCUT2D eigenvalue weighted by molar-refractivity contribution is 5.97. The number of rotatable bonds is 13. The van der Waals surface area contributed by atoms with Crippen LogP contribution in [0.4, 0.5) is 0 Å². The first-order valence-electron chi connectivity index (χ1n) is 13.0. The largest absolute Gasteiger partial charge is 0.356 e. The summed E-state index contributed by atoms with van der Waals surface area (Å²) in [5, 5.41) is 11.0. The molecule has 1 aliphatic heterocycles. The Bertz CT molecular complexity index is 961. The Kier molecular flexibility index (Phi) is 12.0. The van der Waals surface area contributed by atoms with Crippen molar-refractivity contribution >= 4 is 36.0 Å². The number of aldehydes is 1. The number of hydrogen-bond acceptors (Lipinski definition) is 5. The molecule has 1 aromatic carbocycles. The van der Waals surface area contributed by atoms with E-state index in [1.165, 1.54) is 6.08 Å². The number of carbonyl (C=O) groups is 5. The Labute approximate surface area is 219 Å². The second kappa shape index (κ2) is 14.9. The first-order chi connectivity index (χ1) is 17.6. The number of hydrogen-bond donors (Lipinski definition) is 4. The van der Waals surface area contributed by atoms with Crippen LogP contribution in [0.5, 0.6) is 0 Å². The quantitative estimate of drug-likeness (QED) is 0.237. The Morgan fingerprint density at radius 2 is 1.73 bits per heavy atom. The van der Waals surface area contributed by atoms with E-state index in [1.807, 2.05) is 44.2 Å². The van der Waals surface area contributed by atoms with Crippen LogP contribution >= 0.6 is 0 Å². The molecular weight excluding hydrogens is 472 g/mol. The minimum Gasteiger partial charge on any atom is -0.356 e. The lowest BCUT2D eigenvalue weighted by Crippen LogP contribution is -2.56. The molecule has 1 aliphatic rings. The molecule has 0 aromatic heterocycles. The summed E-state index contributed by atoms with van der Waals surface area (Å²) in [4.78, 5) is 62.5. The van der Waals surface area contributed by atoms with Crippen molar-refractivity contribution in [3.8, 4) is 0 Å². The maximum atomic E-state index is 13.2. The van der Waals surface area contributed by atoms with Crippen LogP contribution in [0.3, 0.4) is 0 Å². The predicted octanol–water partition coefficient (Wildman–Crippen LogP) is 1.97. The highest BCUT2D eigenvalue weighted by atomic mass is 16.2. The minimum atomic E-state index is -0.895. The van der Waals surface area contributed by atoms with Crippen LogP contribution in [-0.2, 0) is 24.0 Å². The molecule has 2 rings (SSSR count). The van der Waals surface area contributed by atoms with Crippen molar-refractivity contribution in [2.75, 3.05) is 6.54 Å². The Hall–Kier alpha value is -3.49. The molecule has 9 nitrogen and oxygen atoms in total. The zero-order chi connectivity index (χ0) is 27.4. The fourth-order valence-corrected chi connectivity index (χ4v) is 4.24. The number of carbonyl (C=O) groups excluding carboxylic acids is 5. The molecule has 4 amide bonds. The van der Waals surface area contributed by atoms with Crippen LogP contribution in [0.25, 0.3) is 6.08 Å². The molecule has 0 aliphatic carbocycles. The Morgan fingerprint density at radius 3 is 2.32 bits per heavy atom. The molecule has 1 saturated heterocycles. The monoisotopic (exact) mass is 512 g/mol. The third kappa shape index (κ3) is 10.2. The summed E-state index contributed by atoms with van der Waals surface area (Å²) in [6, 6.07) is 6.73. The highest BCUT2D eigenvalue weighted by Crippen LogP contribution is 2.17. The summed E-state index contributed by atoms with van der Waals surface area (Å²) in [6.07, 6.45) is 5.70. The number of benzene rings is 1. The van der Waals surface area contributed by atoms with E-state index in [-0.39, 0.29) is 30.1 Å². The van der Waals surface area contributed by atoms with Gasteiger partial charge in [0.25, 0.3) is 0 Å². The third-order valence-corrected chi connectivity index (χ3v) is 6.24. The fourth-order valence-electron chi connectivity index (χ4n) is 4.24. The molecule has 0 spiro atoms. The van der Waals surface area contributed by atoms with E-state index in [0.717, 1.165) is 12.0 Å². The first kappa shape index (κ1) is 29.7. The van der Waals surface area contributed by atoms with E-state index in [9.17, 15) is 24.0 Å². The molecule has 0 radical (unpaired) electrons. The second-order valence-electron chi connectivity index (χ2n) is 10.3. The van der Waals surface area contributed by atoms with Gasteiger partial charge in [-0.2, -0.15) is 0 Å². The van der Waals surface area contributed by atoms with Crippen molar-refractivity contribution in [3.63, 3.8) is 0 Å². The van der Waals surface area contributed by atoms with Gasteiger partial charge in [-0.15, -0.1) is 0 Å². The van der Waals surface area contributed by atoms with Gasteiger partial charge in [-0.3, -0.25) is 19.2 Å². The predicted molar refractivity (Wildman–Crippen MR) is 142 cm³/mol. The molecular formula is C28H40N4O5. The molecule has 37 heavy (non-hydrogen) atoms. The second-order valence-corrected chi connectivity index (χ2v) is 10.3. The fraction of sp³-hybridized carbons (Fsp3) is 0.536. The normalized spacial score (nSPS) is 18.1. The van der Waals surface area contributed by atoms with E-state index in [2.05, 4.69) is 21.3 Å². The maximum Gasteiger partial charge on any atom is 0.244 e. The van der Waals surface area contributed by atoms with Gasteiger partial charge in [-0.25, -0.2) is 0 Å². The summed E-state index contributed by atoms with van der Waals surface area (Å²) in [5.41, 5.74) is 0.854. The van der Waals surface area contributed by atoms with Crippen molar-refractivity contribution in [2.24, 2.45) is 17.8 Å². The van der Waals surface area contributed by atoms with Crippen molar-refractivity contribution < 1.29 is 24.0 Å². The summed E-state index contributed by atoms with van der Waals surface area (Å²) in [6.45, 7) is 8.07. The molecule has 9 heteroatoms. The van der Waals surface area contributed by atoms with Crippen molar-refractivity contribution in [2.45, 2.75) is 71.5 Å². The third-order valence-electron chi connectivity index (χ3n) is 6.24. The lowest BCUT2D eigenvalue weighted by Gasteiger charge is -2.28. The van der Waals surface area contributed by atoms with Crippen molar-refractivity contribution in [3.05, 3.63) is 42.0 Å². The smallest absolute Gasteiger partial charge is 0.244 e. The van der Waals surface area contributed by atoms with E-state index < -0.39 is 35.8 Å². The molecule has 0 bridgehead atoms. The number of piperidine rings is 1. The van der Waals surface area contributed by atoms with Crippen LogP contribution in [0.15, 0.2) is 36.4 Å². The van der Waals surface area contributed by atoms with Crippen LogP contribution in [0, 0.1) is 17.8 Å². The molecule has 4 atom stereocenters. The van der Waals surface area contributed by atoms with Gasteiger partial charge in [0.2, 0.25) is 23.6 Å². The SMILES string of the molecule is CC(C)C[C@H](NC(=O)[C@@H](NC(=O)/C=C/c1ccccc1)C(C)C)C(=O)N[C@H](C=O)C[C@@H]1CCCNC1=O. The molecule has 1 aromatic rings. The number of nitrogens with one attached hydrogen (secondary N) is 4. The zero-order valence-electron chi connectivity index (χ0n) is 22.2. The van der Waals surface area contributed by atoms with Gasteiger partial charge in [0.05, 0.1) is 6.04 Å². The minimum absolute atomic E-state index is 0.0794. The summed E-state index contributed by atoms with van der Waals surface area (Å²) in [7, 11) is 0. The first-order valence-corrected chi connectivity index (χ1v) is 13.0. The average Bonchev–Trinajstić information content (AvgIpc) is 2.86. The van der Waals surface area contributed by atoms with Crippen molar-refractivity contribution in [1.82, 2.24) is 21.3 Å². The van der Waals surface area contributed by atoms with E-state index in [4.69, 9.17) is 0 Å². The van der Waals surface area contributed by atoms with Crippen LogP contribution < -0.4 is 21.3 Å². The molecule has 0 saturated carbocycles. The van der Waals surface area contributed by atoms with Gasteiger partial charge < -0.3 is 26.1 Å².